The van der Waals surface area contributed by atoms with Crippen molar-refractivity contribution < 1.29 is 14.3 Å². The summed E-state index contributed by atoms with van der Waals surface area (Å²) in [5.41, 5.74) is 1.81. The Labute approximate surface area is 146 Å². The van der Waals surface area contributed by atoms with Crippen LogP contribution in [0.2, 0.25) is 0 Å². The first-order valence-electron chi connectivity index (χ1n) is 8.13. The molecule has 1 fully saturated rings. The summed E-state index contributed by atoms with van der Waals surface area (Å²) in [4.78, 5) is 34.9. The number of nitrogens with zero attached hydrogens (tertiary/aromatic N) is 3. The molecule has 2 heterocycles. The molecule has 2 aromatic rings. The molecule has 25 heavy (non-hydrogen) atoms. The van der Waals surface area contributed by atoms with Crippen molar-refractivity contribution in [2.24, 2.45) is 0 Å². The molecule has 7 heteroatoms. The van der Waals surface area contributed by atoms with Crippen LogP contribution in [0.3, 0.4) is 0 Å². The topological polar surface area (TPSA) is 84.4 Å². The molecule has 1 saturated heterocycles. The molecule has 1 N–H and O–H groups in total. The van der Waals surface area contributed by atoms with Gasteiger partial charge in [0.05, 0.1) is 13.2 Å². The maximum absolute atomic E-state index is 12.4. The summed E-state index contributed by atoms with van der Waals surface area (Å²) < 4.78 is 5.25. The van der Waals surface area contributed by atoms with Crippen LogP contribution in [0.5, 0.6) is 0 Å². The Morgan fingerprint density at radius 1 is 1.04 bits per heavy atom. The summed E-state index contributed by atoms with van der Waals surface area (Å²) in [5.74, 6) is 0.741. The lowest BCUT2D eigenvalue weighted by atomic mass is 10.1. The molecule has 1 aromatic heterocycles. The summed E-state index contributed by atoms with van der Waals surface area (Å²) in [7, 11) is 0. The van der Waals surface area contributed by atoms with E-state index in [0.717, 1.165) is 5.69 Å². The lowest BCUT2D eigenvalue weighted by Crippen LogP contribution is -2.40. The molecular formula is C18H20N4O3. The normalized spacial score (nSPS) is 14.2. The van der Waals surface area contributed by atoms with E-state index < -0.39 is 0 Å². The number of ether oxygens (including phenoxy) is 1. The van der Waals surface area contributed by atoms with Gasteiger partial charge in [0.25, 0.3) is 11.8 Å². The van der Waals surface area contributed by atoms with Crippen molar-refractivity contribution in [2.45, 2.75) is 13.8 Å². The summed E-state index contributed by atoms with van der Waals surface area (Å²) in [6.45, 7) is 5.92. The van der Waals surface area contributed by atoms with E-state index in [1.165, 1.54) is 0 Å². The minimum absolute atomic E-state index is 0.0442. The number of carbonyl (C=O) groups is 2. The molecule has 1 aliphatic rings. The van der Waals surface area contributed by atoms with Crippen LogP contribution in [0.4, 0.5) is 5.82 Å². The highest BCUT2D eigenvalue weighted by molar-refractivity contribution is 6.04. The fraction of sp³-hybridized carbons (Fsp3) is 0.333. The Bertz CT molecular complexity index is 763. The summed E-state index contributed by atoms with van der Waals surface area (Å²) in [6, 6.07) is 8.33. The van der Waals surface area contributed by atoms with Crippen LogP contribution < -0.4 is 5.32 Å². The third kappa shape index (κ3) is 4.19. The zero-order valence-corrected chi connectivity index (χ0v) is 14.3. The van der Waals surface area contributed by atoms with Gasteiger partial charge in [0.2, 0.25) is 0 Å². The first kappa shape index (κ1) is 17.0. The fourth-order valence-corrected chi connectivity index (χ4v) is 2.68. The Morgan fingerprint density at radius 2 is 1.68 bits per heavy atom. The first-order valence-corrected chi connectivity index (χ1v) is 8.13. The van der Waals surface area contributed by atoms with Gasteiger partial charge in [0, 0.05) is 36.0 Å². The Morgan fingerprint density at radius 3 is 2.32 bits per heavy atom. The SMILES string of the molecule is Cc1cc(NC(=O)c2ccc(C(=O)N3CCOCC3)cc2)nc(C)n1. The molecule has 1 aromatic carbocycles. The van der Waals surface area contributed by atoms with Crippen molar-refractivity contribution in [1.82, 2.24) is 14.9 Å². The summed E-state index contributed by atoms with van der Waals surface area (Å²) >= 11 is 0. The Hall–Kier alpha value is -2.80. The van der Waals surface area contributed by atoms with Gasteiger partial charge in [-0.2, -0.15) is 0 Å². The van der Waals surface area contributed by atoms with Crippen LogP contribution >= 0.6 is 0 Å². The quantitative estimate of drug-likeness (QED) is 0.921. The predicted molar refractivity (Wildman–Crippen MR) is 92.6 cm³/mol. The van der Waals surface area contributed by atoms with E-state index in [0.29, 0.717) is 49.1 Å². The number of aromatic nitrogens is 2. The predicted octanol–water partition coefficient (Wildman–Crippen LogP) is 1.82. The highest BCUT2D eigenvalue weighted by Crippen LogP contribution is 2.12. The monoisotopic (exact) mass is 340 g/mol. The second-order valence-electron chi connectivity index (χ2n) is 5.88. The van der Waals surface area contributed by atoms with Crippen molar-refractivity contribution in [1.29, 1.82) is 0 Å². The van der Waals surface area contributed by atoms with Gasteiger partial charge in [-0.3, -0.25) is 9.59 Å². The molecule has 2 amide bonds. The summed E-state index contributed by atoms with van der Waals surface area (Å²) in [6.07, 6.45) is 0. The van der Waals surface area contributed by atoms with Crippen LogP contribution in [0.1, 0.15) is 32.2 Å². The number of hydrogen-bond acceptors (Lipinski definition) is 5. The van der Waals surface area contributed by atoms with E-state index in [1.807, 2.05) is 6.92 Å². The highest BCUT2D eigenvalue weighted by Gasteiger charge is 2.18. The van der Waals surface area contributed by atoms with Crippen LogP contribution in [0, 0.1) is 13.8 Å². The Kier molecular flexibility index (Phi) is 5.04. The lowest BCUT2D eigenvalue weighted by Gasteiger charge is -2.26. The van der Waals surface area contributed by atoms with Gasteiger partial charge in [0.1, 0.15) is 11.6 Å². The zero-order chi connectivity index (χ0) is 17.8. The number of benzene rings is 1. The maximum Gasteiger partial charge on any atom is 0.256 e. The van der Waals surface area contributed by atoms with Gasteiger partial charge in [-0.1, -0.05) is 0 Å². The highest BCUT2D eigenvalue weighted by atomic mass is 16.5. The van der Waals surface area contributed by atoms with E-state index in [-0.39, 0.29) is 11.8 Å². The molecule has 0 spiro atoms. The molecule has 0 aliphatic carbocycles. The molecule has 130 valence electrons. The molecule has 3 rings (SSSR count). The lowest BCUT2D eigenvalue weighted by molar-refractivity contribution is 0.0303. The van der Waals surface area contributed by atoms with Gasteiger partial charge in [-0.15, -0.1) is 0 Å². The number of aryl methyl sites for hydroxylation is 2. The third-order valence-electron chi connectivity index (χ3n) is 3.90. The minimum Gasteiger partial charge on any atom is -0.378 e. The number of amides is 2. The third-order valence-corrected chi connectivity index (χ3v) is 3.90. The number of rotatable bonds is 3. The minimum atomic E-state index is -0.275. The standard InChI is InChI=1S/C18H20N4O3/c1-12-11-16(20-13(2)19-12)21-17(23)14-3-5-15(6-4-14)18(24)22-7-9-25-10-8-22/h3-6,11H,7-10H2,1-2H3,(H,19,20,21,23). The number of nitrogens with one attached hydrogen (secondary N) is 1. The van der Waals surface area contributed by atoms with Crippen LogP contribution in [-0.2, 0) is 4.74 Å². The average Bonchev–Trinajstić information content (AvgIpc) is 2.61. The van der Waals surface area contributed by atoms with Crippen molar-refractivity contribution in [3.63, 3.8) is 0 Å². The Balaban J connectivity index is 1.68. The van der Waals surface area contributed by atoms with Gasteiger partial charge < -0.3 is 15.0 Å². The van der Waals surface area contributed by atoms with E-state index in [9.17, 15) is 9.59 Å². The van der Waals surface area contributed by atoms with Gasteiger partial charge >= 0.3 is 0 Å². The maximum atomic E-state index is 12.4. The van der Waals surface area contributed by atoms with Crippen molar-refractivity contribution in [2.75, 3.05) is 31.6 Å². The van der Waals surface area contributed by atoms with E-state index >= 15 is 0 Å². The van der Waals surface area contributed by atoms with Crippen molar-refractivity contribution in [3.05, 3.63) is 53.0 Å². The number of hydrogen-bond donors (Lipinski definition) is 1. The fourth-order valence-electron chi connectivity index (χ4n) is 2.68. The largest absolute Gasteiger partial charge is 0.378 e. The molecule has 0 radical (unpaired) electrons. The second kappa shape index (κ2) is 7.40. The number of carbonyl (C=O) groups excluding carboxylic acids is 2. The molecular weight excluding hydrogens is 320 g/mol. The smallest absolute Gasteiger partial charge is 0.256 e. The van der Waals surface area contributed by atoms with Gasteiger partial charge in [-0.05, 0) is 38.1 Å². The second-order valence-corrected chi connectivity index (χ2v) is 5.88. The zero-order valence-electron chi connectivity index (χ0n) is 14.3. The number of morpholine rings is 1. The molecule has 0 atom stereocenters. The van der Waals surface area contributed by atoms with Crippen LogP contribution in [0.15, 0.2) is 30.3 Å². The van der Waals surface area contributed by atoms with E-state index in [1.54, 1.807) is 42.2 Å². The molecule has 7 nitrogen and oxygen atoms in total. The molecule has 1 aliphatic heterocycles. The van der Waals surface area contributed by atoms with E-state index in [4.69, 9.17) is 4.74 Å². The van der Waals surface area contributed by atoms with Gasteiger partial charge in [0.15, 0.2) is 0 Å². The van der Waals surface area contributed by atoms with Crippen molar-refractivity contribution >= 4 is 17.6 Å². The first-order chi connectivity index (χ1) is 12.0. The molecule has 0 bridgehead atoms. The molecule has 0 saturated carbocycles. The molecule has 0 unspecified atom stereocenters. The van der Waals surface area contributed by atoms with Crippen LogP contribution in [0.25, 0.3) is 0 Å². The average molecular weight is 340 g/mol. The summed E-state index contributed by atoms with van der Waals surface area (Å²) in [5, 5.41) is 2.75. The van der Waals surface area contributed by atoms with Gasteiger partial charge in [-0.25, -0.2) is 9.97 Å². The van der Waals surface area contributed by atoms with E-state index in [2.05, 4.69) is 15.3 Å². The van der Waals surface area contributed by atoms with Crippen molar-refractivity contribution in [3.8, 4) is 0 Å². The number of anilines is 1. The van der Waals surface area contributed by atoms with Crippen LogP contribution in [-0.4, -0.2) is 53.0 Å².